The van der Waals surface area contributed by atoms with Crippen molar-refractivity contribution < 1.29 is 4.74 Å². The van der Waals surface area contributed by atoms with Crippen molar-refractivity contribution in [2.45, 2.75) is 13.3 Å². The van der Waals surface area contributed by atoms with E-state index in [2.05, 4.69) is 6.92 Å². The number of ether oxygens (including phenoxy) is 1. The standard InChI is InChI=1S/C6H11ClO/c1-2-6(3-7)4-8-5-6/h2-5H2,1H3. The minimum absolute atomic E-state index is 0.349. The summed E-state index contributed by atoms with van der Waals surface area (Å²) in [5.41, 5.74) is 0.349. The topological polar surface area (TPSA) is 9.23 Å². The fourth-order valence-electron chi connectivity index (χ4n) is 0.767. The fraction of sp³-hybridized carbons (Fsp3) is 1.00. The molecule has 0 bridgehead atoms. The van der Waals surface area contributed by atoms with Crippen molar-refractivity contribution in [3.05, 3.63) is 0 Å². The molecule has 0 aliphatic carbocycles. The third kappa shape index (κ3) is 0.848. The molecule has 1 heterocycles. The largest absolute Gasteiger partial charge is 0.380 e. The molecule has 0 N–H and O–H groups in total. The Morgan fingerprint density at radius 3 is 2.25 bits per heavy atom. The van der Waals surface area contributed by atoms with E-state index in [-0.39, 0.29) is 0 Å². The molecule has 1 fully saturated rings. The molecular formula is C6H11ClO. The number of alkyl halides is 1. The lowest BCUT2D eigenvalue weighted by Crippen LogP contribution is -2.43. The van der Waals surface area contributed by atoms with Crippen molar-refractivity contribution in [1.82, 2.24) is 0 Å². The molecule has 0 radical (unpaired) electrons. The second-order valence-corrected chi connectivity index (χ2v) is 2.75. The van der Waals surface area contributed by atoms with Gasteiger partial charge in [0.05, 0.1) is 13.2 Å². The number of halogens is 1. The Kier molecular flexibility index (Phi) is 1.78. The number of rotatable bonds is 2. The number of hydrogen-bond donors (Lipinski definition) is 0. The van der Waals surface area contributed by atoms with Crippen LogP contribution in [0.4, 0.5) is 0 Å². The summed E-state index contributed by atoms with van der Waals surface area (Å²) in [6.45, 7) is 3.89. The predicted octanol–water partition coefficient (Wildman–Crippen LogP) is 1.65. The van der Waals surface area contributed by atoms with E-state index in [0.29, 0.717) is 5.41 Å². The van der Waals surface area contributed by atoms with Gasteiger partial charge in [0.25, 0.3) is 0 Å². The number of hydrogen-bond acceptors (Lipinski definition) is 1. The van der Waals surface area contributed by atoms with Gasteiger partial charge in [-0.2, -0.15) is 0 Å². The maximum absolute atomic E-state index is 5.68. The molecule has 1 aliphatic heterocycles. The molecule has 0 aromatic carbocycles. The fourth-order valence-corrected chi connectivity index (χ4v) is 1.11. The molecule has 8 heavy (non-hydrogen) atoms. The van der Waals surface area contributed by atoms with Gasteiger partial charge in [-0.3, -0.25) is 0 Å². The van der Waals surface area contributed by atoms with Gasteiger partial charge < -0.3 is 4.74 Å². The van der Waals surface area contributed by atoms with E-state index in [1.165, 1.54) is 0 Å². The van der Waals surface area contributed by atoms with Crippen molar-refractivity contribution >= 4 is 11.6 Å². The average molecular weight is 135 g/mol. The van der Waals surface area contributed by atoms with E-state index in [0.717, 1.165) is 25.5 Å². The van der Waals surface area contributed by atoms with E-state index >= 15 is 0 Å². The molecule has 0 aromatic heterocycles. The lowest BCUT2D eigenvalue weighted by Gasteiger charge is -2.38. The van der Waals surface area contributed by atoms with E-state index in [4.69, 9.17) is 16.3 Å². The molecule has 1 saturated heterocycles. The van der Waals surface area contributed by atoms with Crippen LogP contribution in [0, 0.1) is 5.41 Å². The van der Waals surface area contributed by atoms with E-state index in [9.17, 15) is 0 Å². The van der Waals surface area contributed by atoms with Gasteiger partial charge in [0, 0.05) is 11.3 Å². The van der Waals surface area contributed by atoms with Gasteiger partial charge in [0.2, 0.25) is 0 Å². The lowest BCUT2D eigenvalue weighted by atomic mass is 9.86. The molecule has 0 spiro atoms. The van der Waals surface area contributed by atoms with Gasteiger partial charge in [-0.05, 0) is 6.42 Å². The summed E-state index contributed by atoms with van der Waals surface area (Å²) < 4.78 is 5.04. The molecule has 0 aromatic rings. The lowest BCUT2D eigenvalue weighted by molar-refractivity contribution is -0.100. The first-order valence-corrected chi connectivity index (χ1v) is 3.50. The van der Waals surface area contributed by atoms with Gasteiger partial charge >= 0.3 is 0 Å². The van der Waals surface area contributed by atoms with Crippen LogP contribution >= 0.6 is 11.6 Å². The second-order valence-electron chi connectivity index (χ2n) is 2.48. The normalized spacial score (nSPS) is 24.8. The zero-order valence-corrected chi connectivity index (χ0v) is 5.87. The van der Waals surface area contributed by atoms with Crippen molar-refractivity contribution in [3.8, 4) is 0 Å². The maximum atomic E-state index is 5.68. The van der Waals surface area contributed by atoms with E-state index < -0.39 is 0 Å². The molecule has 2 heteroatoms. The molecule has 48 valence electrons. The molecular weight excluding hydrogens is 124 g/mol. The van der Waals surface area contributed by atoms with Gasteiger partial charge in [0.1, 0.15) is 0 Å². The summed E-state index contributed by atoms with van der Waals surface area (Å²) in [4.78, 5) is 0. The maximum Gasteiger partial charge on any atom is 0.0556 e. The van der Waals surface area contributed by atoms with Gasteiger partial charge in [-0.25, -0.2) is 0 Å². The molecule has 0 saturated carbocycles. The van der Waals surface area contributed by atoms with Crippen molar-refractivity contribution in [2.24, 2.45) is 5.41 Å². The highest BCUT2D eigenvalue weighted by Crippen LogP contribution is 2.31. The van der Waals surface area contributed by atoms with Crippen LogP contribution < -0.4 is 0 Å². The first-order chi connectivity index (χ1) is 3.83. The van der Waals surface area contributed by atoms with Crippen LogP contribution in [0.1, 0.15) is 13.3 Å². The van der Waals surface area contributed by atoms with Gasteiger partial charge in [-0.1, -0.05) is 6.92 Å². The Bertz CT molecular complexity index is 65.1. The van der Waals surface area contributed by atoms with Gasteiger partial charge in [0.15, 0.2) is 0 Å². The monoisotopic (exact) mass is 134 g/mol. The minimum atomic E-state index is 0.349. The summed E-state index contributed by atoms with van der Waals surface area (Å²) in [6, 6.07) is 0. The van der Waals surface area contributed by atoms with Crippen LogP contribution in [0.2, 0.25) is 0 Å². The highest BCUT2D eigenvalue weighted by atomic mass is 35.5. The smallest absolute Gasteiger partial charge is 0.0556 e. The Labute approximate surface area is 55.0 Å². The van der Waals surface area contributed by atoms with Crippen LogP contribution in [0.5, 0.6) is 0 Å². The zero-order chi connectivity index (χ0) is 6.04. The van der Waals surface area contributed by atoms with Crippen LogP contribution in [-0.4, -0.2) is 19.1 Å². The van der Waals surface area contributed by atoms with Crippen LogP contribution in [-0.2, 0) is 4.74 Å². The van der Waals surface area contributed by atoms with Crippen LogP contribution in [0.15, 0.2) is 0 Å². The van der Waals surface area contributed by atoms with E-state index in [1.54, 1.807) is 0 Å². The third-order valence-corrected chi connectivity index (χ3v) is 2.42. The molecule has 0 unspecified atom stereocenters. The molecule has 1 aliphatic rings. The van der Waals surface area contributed by atoms with Crippen LogP contribution in [0.25, 0.3) is 0 Å². The Hall–Kier alpha value is 0.250. The first-order valence-electron chi connectivity index (χ1n) is 2.97. The Morgan fingerprint density at radius 1 is 1.62 bits per heavy atom. The first kappa shape index (κ1) is 6.37. The summed E-state index contributed by atoms with van der Waals surface area (Å²) in [5, 5.41) is 0. The quantitative estimate of drug-likeness (QED) is 0.522. The second kappa shape index (κ2) is 2.24. The van der Waals surface area contributed by atoms with Crippen molar-refractivity contribution in [1.29, 1.82) is 0 Å². The molecule has 1 nitrogen and oxygen atoms in total. The van der Waals surface area contributed by atoms with Crippen LogP contribution in [0.3, 0.4) is 0 Å². The SMILES string of the molecule is CCC1(CCl)COC1. The highest BCUT2D eigenvalue weighted by molar-refractivity contribution is 6.18. The summed E-state index contributed by atoms with van der Waals surface area (Å²) in [6.07, 6.45) is 1.15. The summed E-state index contributed by atoms with van der Waals surface area (Å²) in [5.74, 6) is 0.753. The predicted molar refractivity (Wildman–Crippen MR) is 34.3 cm³/mol. The Balaban J connectivity index is 2.33. The van der Waals surface area contributed by atoms with Crippen molar-refractivity contribution in [3.63, 3.8) is 0 Å². The minimum Gasteiger partial charge on any atom is -0.380 e. The molecule has 0 atom stereocenters. The zero-order valence-electron chi connectivity index (χ0n) is 5.11. The third-order valence-electron chi connectivity index (χ3n) is 1.85. The van der Waals surface area contributed by atoms with E-state index in [1.807, 2.05) is 0 Å². The summed E-state index contributed by atoms with van der Waals surface area (Å²) >= 11 is 5.68. The Morgan fingerprint density at radius 2 is 2.25 bits per heavy atom. The van der Waals surface area contributed by atoms with Crippen molar-refractivity contribution in [2.75, 3.05) is 19.1 Å². The summed E-state index contributed by atoms with van der Waals surface area (Å²) in [7, 11) is 0. The highest BCUT2D eigenvalue weighted by Gasteiger charge is 2.35. The molecule has 1 rings (SSSR count). The molecule has 0 amide bonds. The van der Waals surface area contributed by atoms with Gasteiger partial charge in [-0.15, -0.1) is 11.6 Å². The average Bonchev–Trinajstić information content (AvgIpc) is 1.67.